The number of aromatic hydroxyl groups is 1. The van der Waals surface area contributed by atoms with E-state index in [0.29, 0.717) is 80.6 Å². The summed E-state index contributed by atoms with van der Waals surface area (Å²) in [5, 5.41) is 30.8. The lowest BCUT2D eigenvalue weighted by Crippen LogP contribution is -2.57. The number of hydrogen-bond acceptors (Lipinski definition) is 14. The Morgan fingerprint density at radius 1 is 0.571 bits per heavy atom. The Labute approximate surface area is 620 Å². The number of ketones is 1. The lowest BCUT2D eigenvalue weighted by Gasteiger charge is -2.45. The second-order valence-electron chi connectivity index (χ2n) is 21.0. The molecule has 0 bridgehead atoms. The van der Waals surface area contributed by atoms with E-state index in [1.54, 1.807) is 158 Å². The van der Waals surface area contributed by atoms with E-state index in [1.165, 1.54) is 55.6 Å². The van der Waals surface area contributed by atoms with Crippen molar-refractivity contribution in [2.45, 2.75) is 84.8 Å². The molecule has 0 spiro atoms. The second-order valence-corrected chi connectivity index (χ2v) is 25.2. The Kier molecular flexibility index (Phi) is 16.6. The maximum atomic E-state index is 13.9. The van der Waals surface area contributed by atoms with Crippen LogP contribution in [0.1, 0.15) is 150 Å². The number of nitrogens with zero attached hydrogens (tertiary/aromatic N) is 3. The Hall–Kier alpha value is -9.46. The maximum absolute atomic E-state index is 13.9. The van der Waals surface area contributed by atoms with Gasteiger partial charge in [0.15, 0.2) is 17.2 Å². The number of aromatic nitrogens is 1. The number of carboxylic acid groups (broad SMARTS) is 1. The molecule has 0 radical (unpaired) electrons. The molecule has 11 aromatic rings. The standard InChI is InChI=1S/C24H23N3O3S.C15H14O2S.C14H12O2S.C14H12OS.C14H10OS/c1-15(2)25-14-27(26-12-11-19(28)23(29)22(26)24(25)30)21-17-8-4-3-7-16(17)13-31-20-10-6-5-9-18(20)21;1-17-15(16)13-9-5-6-10-14(13)18-11-12-7-3-2-4-8-12;15-14(16)12-8-4-5-9-13(12)17-10-11-6-2-1-3-7-11;2*15-14-11-6-2-1-5-10(11)9-16-13-8-4-3-7-12(13)14/h3-12,15,21,29H,13-14H2,1-2H3;2-10H,11H2,1H3;1-9H,10H2,(H,15,16);1-8,14-15H,9H2;1-8H,9H2/i1D3,2D3,13D2,14D2,15D,21D;11D2;10D2;2*9D2. The number of carboxylic acids is 1. The van der Waals surface area contributed by atoms with E-state index in [4.69, 9.17) is 33.1 Å². The number of amides is 1. The first-order valence-electron chi connectivity index (χ1n) is 39.8. The summed E-state index contributed by atoms with van der Waals surface area (Å²) in [6, 6.07) is 65.2. The average molecular weight is 1410 g/mol. The second kappa shape index (κ2) is 33.7. The molecule has 4 aliphatic rings. The number of rotatable bonds is 10. The predicted molar refractivity (Wildman–Crippen MR) is 397 cm³/mol. The number of esters is 1. The molecule has 17 heteroatoms. The number of aromatic carboxylic acids is 1. The van der Waals surface area contributed by atoms with Gasteiger partial charge in [-0.15, -0.1) is 58.8 Å². The van der Waals surface area contributed by atoms with Crippen molar-refractivity contribution in [2.75, 3.05) is 18.7 Å². The fourth-order valence-corrected chi connectivity index (χ4v) is 14.0. The number of carbonyl (C=O) groups excluding carboxylic acids is 3. The van der Waals surface area contributed by atoms with Gasteiger partial charge < -0.3 is 25.0 Å². The van der Waals surface area contributed by atoms with Gasteiger partial charge in [0.05, 0.1) is 29.7 Å². The van der Waals surface area contributed by atoms with Gasteiger partial charge in [-0.1, -0.05) is 206 Å². The normalized spacial score (nSPS) is 21.0. The number of methoxy groups -OCH3 is 1. The Bertz CT molecular complexity index is 5640. The quantitative estimate of drug-likeness (QED) is 0.0874. The highest BCUT2D eigenvalue weighted by atomic mass is 32.2. The summed E-state index contributed by atoms with van der Waals surface area (Å²) in [5.74, 6) is -4.72. The number of aliphatic hydroxyl groups is 1. The van der Waals surface area contributed by atoms with Crippen LogP contribution >= 0.6 is 58.8 Å². The molecule has 98 heavy (non-hydrogen) atoms. The van der Waals surface area contributed by atoms with Gasteiger partial charge in [-0.3, -0.25) is 24.1 Å². The Morgan fingerprint density at radius 2 is 1.03 bits per heavy atom. The number of benzene rings is 10. The summed E-state index contributed by atoms with van der Waals surface area (Å²) in [6.45, 7) is -11.4. The van der Waals surface area contributed by atoms with Crippen LogP contribution < -0.4 is 10.4 Å². The lowest BCUT2D eigenvalue weighted by atomic mass is 9.94. The third kappa shape index (κ3) is 16.7. The zero-order valence-corrected chi connectivity index (χ0v) is 55.7. The Balaban J connectivity index is 0.000000154. The molecule has 3 N–H and O–H groups in total. The topological polar surface area (TPSA) is 167 Å². The molecular weight excluding hydrogens is 1320 g/mol. The van der Waals surface area contributed by atoms with Crippen LogP contribution in [0, 0.1) is 0 Å². The monoisotopic (exact) mass is 1410 g/mol. The summed E-state index contributed by atoms with van der Waals surface area (Å²) < 4.78 is 173. The summed E-state index contributed by atoms with van der Waals surface area (Å²) in [5.41, 5.74) is -6.16. The number of ether oxygens (including phenoxy) is 1. The summed E-state index contributed by atoms with van der Waals surface area (Å²) in [4.78, 5) is 63.9. The molecule has 2 unspecified atom stereocenters. The molecular formula is C81H71N3O9S5. The van der Waals surface area contributed by atoms with Crippen LogP contribution in [0.5, 0.6) is 5.75 Å². The summed E-state index contributed by atoms with van der Waals surface area (Å²) in [7, 11) is 1.32. The first-order chi connectivity index (χ1) is 55.4. The number of thioether (sulfide) groups is 5. The molecule has 4 aliphatic heterocycles. The van der Waals surface area contributed by atoms with Crippen LogP contribution in [0.15, 0.2) is 296 Å². The third-order valence-electron chi connectivity index (χ3n) is 14.7. The van der Waals surface area contributed by atoms with Gasteiger partial charge in [-0.05, 0) is 112 Å². The highest BCUT2D eigenvalue weighted by molar-refractivity contribution is 7.99. The van der Waals surface area contributed by atoms with Gasteiger partial charge in [0.1, 0.15) is 12.7 Å². The largest absolute Gasteiger partial charge is 0.502 e. The summed E-state index contributed by atoms with van der Waals surface area (Å²) in [6.07, 6.45) is 0.0945. The zero-order chi connectivity index (χ0) is 86.1. The molecule has 10 aromatic carbocycles. The van der Waals surface area contributed by atoms with Crippen molar-refractivity contribution in [3.63, 3.8) is 0 Å². The van der Waals surface area contributed by atoms with E-state index in [1.807, 2.05) is 48.5 Å². The molecule has 0 fully saturated rings. The van der Waals surface area contributed by atoms with Crippen molar-refractivity contribution < 1.29 is 66.6 Å². The van der Waals surface area contributed by atoms with Gasteiger partial charge in [0.2, 0.25) is 5.43 Å². The number of fused-ring (bicyclic) bond motifs is 7. The van der Waals surface area contributed by atoms with Crippen LogP contribution in [0.25, 0.3) is 0 Å². The molecule has 1 aromatic heterocycles. The van der Waals surface area contributed by atoms with Crippen LogP contribution in [0.4, 0.5) is 0 Å². The highest BCUT2D eigenvalue weighted by Crippen LogP contribution is 2.44. The molecule has 5 heterocycles. The molecule has 0 saturated carbocycles. The van der Waals surface area contributed by atoms with Crippen molar-refractivity contribution in [3.05, 3.63) is 355 Å². The first-order valence-corrected chi connectivity index (χ1v) is 33.9. The smallest absolute Gasteiger partial charge is 0.338 e. The van der Waals surface area contributed by atoms with Crippen molar-refractivity contribution in [1.29, 1.82) is 0 Å². The van der Waals surface area contributed by atoms with Gasteiger partial charge in [0, 0.05) is 104 Å². The first kappa shape index (κ1) is 48.3. The number of hydrogen-bond donors (Lipinski definition) is 3. The molecule has 0 saturated heterocycles. The van der Waals surface area contributed by atoms with Gasteiger partial charge in [-0.2, -0.15) is 0 Å². The van der Waals surface area contributed by atoms with Crippen molar-refractivity contribution in [2.24, 2.45) is 0 Å². The van der Waals surface area contributed by atoms with Crippen molar-refractivity contribution >= 4 is 82.4 Å². The van der Waals surface area contributed by atoms with Crippen LogP contribution in [-0.4, -0.2) is 68.3 Å². The van der Waals surface area contributed by atoms with E-state index in [-0.39, 0.29) is 37.8 Å². The highest BCUT2D eigenvalue weighted by Gasteiger charge is 2.39. The minimum Gasteiger partial charge on any atom is -0.502 e. The van der Waals surface area contributed by atoms with Crippen LogP contribution in [-0.2, 0) is 33.3 Å². The maximum Gasteiger partial charge on any atom is 0.338 e. The molecule has 12 nitrogen and oxygen atoms in total. The average Bonchev–Trinajstić information content (AvgIpc) is 1.04. The number of pyridine rings is 1. The zero-order valence-electron chi connectivity index (χ0n) is 71.7. The number of aliphatic hydroxyl groups excluding tert-OH is 1. The van der Waals surface area contributed by atoms with Crippen LogP contribution in [0.2, 0.25) is 0 Å². The van der Waals surface area contributed by atoms with E-state index in [9.17, 15) is 38.3 Å². The summed E-state index contributed by atoms with van der Waals surface area (Å²) >= 11 is 4.86. The van der Waals surface area contributed by atoms with Crippen molar-refractivity contribution in [3.8, 4) is 5.75 Å². The van der Waals surface area contributed by atoms with Gasteiger partial charge >= 0.3 is 11.9 Å². The fraction of sp³-hybridized carbons (Fsp3) is 0.148. The van der Waals surface area contributed by atoms with E-state index in [0.717, 1.165) is 69.8 Å². The SMILES string of the molecule is [2H]C([2H])(Sc1ccccc1C(=O)O)c1ccccc1.[2H]C([2H])(Sc1ccccc1C(=O)OC)c1ccccc1.[2H]C1([2H])Sc2ccccc2C(=O)c2ccccc21.[2H]C1([2H])Sc2ccccc2C(O)c2ccccc21.[2H]C1([2H])Sc2ccccc2C([2H])(N2n3ccc(=O)c(O)c3C(=O)N(C([2H])(C([2H])([2H])[2H])C([2H])([2H])[2H])C2([2H])[2H])c2ccccc21. The molecule has 494 valence electrons. The van der Waals surface area contributed by atoms with Crippen molar-refractivity contribution in [1.82, 2.24) is 9.58 Å². The van der Waals surface area contributed by atoms with Gasteiger partial charge in [0.25, 0.3) is 5.91 Å². The van der Waals surface area contributed by atoms with Gasteiger partial charge in [-0.25, -0.2) is 9.59 Å². The minimum atomic E-state index is -4.01. The third-order valence-corrected chi connectivity index (χ3v) is 19.3. The number of carbonyl (C=O) groups is 4. The van der Waals surface area contributed by atoms with E-state index >= 15 is 0 Å². The van der Waals surface area contributed by atoms with Crippen LogP contribution in [0.3, 0.4) is 0 Å². The Morgan fingerprint density at radius 3 is 1.64 bits per heavy atom. The van der Waals surface area contributed by atoms with E-state index in [2.05, 4.69) is 0 Å². The fourth-order valence-electron chi connectivity index (χ4n) is 9.98. The molecule has 15 rings (SSSR count). The molecule has 1 amide bonds. The predicted octanol–water partition coefficient (Wildman–Crippen LogP) is 18.0. The van der Waals surface area contributed by atoms with E-state index < -0.39 is 102 Å². The molecule has 0 aliphatic carbocycles. The molecule has 2 atom stereocenters. The minimum absolute atomic E-state index is 0.0607. The lowest BCUT2D eigenvalue weighted by molar-refractivity contribution is 0.0593.